The predicted octanol–water partition coefficient (Wildman–Crippen LogP) is 3.56. The Bertz CT molecular complexity index is 792. The Balaban J connectivity index is 1.63. The second-order valence-corrected chi connectivity index (χ2v) is 7.50. The summed E-state index contributed by atoms with van der Waals surface area (Å²) in [4.78, 5) is 7.21. The second kappa shape index (κ2) is 5.17. The van der Waals surface area contributed by atoms with Crippen molar-refractivity contribution < 1.29 is 9.47 Å². The normalized spacial score (nSPS) is 37.1. The molecule has 0 spiro atoms. The zero-order chi connectivity index (χ0) is 16.3. The van der Waals surface area contributed by atoms with E-state index in [1.807, 2.05) is 18.3 Å². The molecule has 5 aliphatic heterocycles. The van der Waals surface area contributed by atoms with Gasteiger partial charge in [0.15, 0.2) is 0 Å². The molecule has 5 atom stereocenters. The van der Waals surface area contributed by atoms with Crippen LogP contribution in [0.3, 0.4) is 0 Å². The first-order chi connectivity index (χ1) is 11.7. The van der Waals surface area contributed by atoms with Crippen LogP contribution >= 0.6 is 0 Å². The highest BCUT2D eigenvalue weighted by atomic mass is 16.5. The van der Waals surface area contributed by atoms with Crippen molar-refractivity contribution in [3.05, 3.63) is 36.0 Å². The van der Waals surface area contributed by atoms with Crippen molar-refractivity contribution in [2.75, 3.05) is 20.2 Å². The minimum absolute atomic E-state index is 0.0477. The highest BCUT2D eigenvalue weighted by molar-refractivity contribution is 5.84. The van der Waals surface area contributed by atoms with Crippen LogP contribution in [-0.2, 0) is 4.74 Å². The molecule has 4 nitrogen and oxygen atoms in total. The van der Waals surface area contributed by atoms with E-state index in [2.05, 4.69) is 28.9 Å². The molecular weight excluding hydrogens is 300 g/mol. The third-order valence-electron chi connectivity index (χ3n) is 6.57. The van der Waals surface area contributed by atoms with Gasteiger partial charge in [-0.2, -0.15) is 0 Å². The number of aromatic nitrogens is 1. The highest BCUT2D eigenvalue weighted by Gasteiger charge is 2.58. The van der Waals surface area contributed by atoms with E-state index in [-0.39, 0.29) is 11.7 Å². The number of hydrogen-bond acceptors (Lipinski definition) is 4. The van der Waals surface area contributed by atoms with Crippen molar-refractivity contribution in [3.63, 3.8) is 0 Å². The summed E-state index contributed by atoms with van der Waals surface area (Å²) in [5, 5.41) is 1.16. The SMILES string of the molecule is CCC12CN3CCC1CC3C(c1ccnc3ccc(OC)cc13)O2. The predicted molar refractivity (Wildman–Crippen MR) is 93.2 cm³/mol. The van der Waals surface area contributed by atoms with E-state index in [1.54, 1.807) is 7.11 Å². The molecule has 6 heterocycles. The Labute approximate surface area is 142 Å². The maximum absolute atomic E-state index is 6.81. The minimum Gasteiger partial charge on any atom is -0.497 e. The monoisotopic (exact) mass is 324 g/mol. The minimum atomic E-state index is 0.0477. The molecule has 1 aromatic heterocycles. The van der Waals surface area contributed by atoms with Crippen molar-refractivity contribution >= 4 is 10.9 Å². The fourth-order valence-electron chi connectivity index (χ4n) is 5.25. The molecule has 7 rings (SSSR count). The Kier molecular flexibility index (Phi) is 3.16. The summed E-state index contributed by atoms with van der Waals surface area (Å²) in [6.07, 6.45) is 5.73. The van der Waals surface area contributed by atoms with Gasteiger partial charge >= 0.3 is 0 Å². The molecule has 0 N–H and O–H groups in total. The van der Waals surface area contributed by atoms with Gasteiger partial charge in [0.25, 0.3) is 0 Å². The summed E-state index contributed by atoms with van der Waals surface area (Å²) in [6, 6.07) is 8.78. The van der Waals surface area contributed by atoms with Crippen LogP contribution < -0.4 is 4.74 Å². The number of rotatable bonds is 3. The lowest BCUT2D eigenvalue weighted by Crippen LogP contribution is -2.70. The van der Waals surface area contributed by atoms with Gasteiger partial charge in [-0.3, -0.25) is 9.88 Å². The molecule has 24 heavy (non-hydrogen) atoms. The van der Waals surface area contributed by atoms with Crippen LogP contribution in [0.15, 0.2) is 30.5 Å². The maximum Gasteiger partial charge on any atom is 0.119 e. The van der Waals surface area contributed by atoms with Gasteiger partial charge in [-0.05, 0) is 61.6 Å². The number of fused-ring (bicyclic) bond motifs is 3. The Morgan fingerprint density at radius 1 is 1.38 bits per heavy atom. The van der Waals surface area contributed by atoms with Crippen LogP contribution in [0.1, 0.15) is 37.9 Å². The highest BCUT2D eigenvalue weighted by Crippen LogP contribution is 2.54. The molecule has 0 radical (unpaired) electrons. The summed E-state index contributed by atoms with van der Waals surface area (Å²) in [6.45, 7) is 4.62. The molecular formula is C20H24N2O2. The number of ether oxygens (including phenoxy) is 2. The van der Waals surface area contributed by atoms with E-state index in [0.29, 0.717) is 6.04 Å². The zero-order valence-electron chi connectivity index (χ0n) is 14.4. The van der Waals surface area contributed by atoms with Crippen LogP contribution in [-0.4, -0.2) is 41.7 Å². The van der Waals surface area contributed by atoms with Crippen LogP contribution in [0.4, 0.5) is 0 Å². The average molecular weight is 324 g/mol. The average Bonchev–Trinajstić information content (AvgIpc) is 2.66. The molecule has 5 saturated heterocycles. The van der Waals surface area contributed by atoms with E-state index < -0.39 is 0 Å². The molecule has 5 fully saturated rings. The Hall–Kier alpha value is -1.65. The van der Waals surface area contributed by atoms with Crippen LogP contribution in [0.2, 0.25) is 0 Å². The maximum atomic E-state index is 6.81. The third kappa shape index (κ3) is 1.90. The number of pyridine rings is 1. The fourth-order valence-corrected chi connectivity index (χ4v) is 5.25. The van der Waals surface area contributed by atoms with Crippen molar-refractivity contribution in [2.24, 2.45) is 5.92 Å². The largest absolute Gasteiger partial charge is 0.497 e. The van der Waals surface area contributed by atoms with Gasteiger partial charge in [0.05, 0.1) is 24.3 Å². The molecule has 5 unspecified atom stereocenters. The molecule has 0 amide bonds. The summed E-state index contributed by atoms with van der Waals surface area (Å²) in [5.74, 6) is 1.61. The van der Waals surface area contributed by atoms with Crippen LogP contribution in [0, 0.1) is 5.92 Å². The molecule has 0 saturated carbocycles. The van der Waals surface area contributed by atoms with E-state index >= 15 is 0 Å². The number of benzene rings is 1. The summed E-state index contributed by atoms with van der Waals surface area (Å²) < 4.78 is 12.3. The molecule has 0 aliphatic carbocycles. The van der Waals surface area contributed by atoms with E-state index in [4.69, 9.17) is 9.47 Å². The van der Waals surface area contributed by atoms with Crippen LogP contribution in [0.25, 0.3) is 10.9 Å². The zero-order valence-corrected chi connectivity index (χ0v) is 14.4. The quantitative estimate of drug-likeness (QED) is 0.865. The van der Waals surface area contributed by atoms with Gasteiger partial charge < -0.3 is 9.47 Å². The van der Waals surface area contributed by atoms with Gasteiger partial charge in [0.2, 0.25) is 0 Å². The second-order valence-electron chi connectivity index (χ2n) is 7.50. The lowest BCUT2D eigenvalue weighted by molar-refractivity contribution is -0.274. The summed E-state index contributed by atoms with van der Waals surface area (Å²) in [7, 11) is 1.72. The molecule has 126 valence electrons. The number of hydrogen-bond donors (Lipinski definition) is 0. The van der Waals surface area contributed by atoms with Crippen molar-refractivity contribution in [3.8, 4) is 5.75 Å². The summed E-state index contributed by atoms with van der Waals surface area (Å²) in [5.41, 5.74) is 2.34. The van der Waals surface area contributed by atoms with E-state index in [0.717, 1.165) is 35.5 Å². The first-order valence-electron chi connectivity index (χ1n) is 9.08. The van der Waals surface area contributed by atoms with Gasteiger partial charge in [-0.25, -0.2) is 0 Å². The van der Waals surface area contributed by atoms with Crippen molar-refractivity contribution in [1.29, 1.82) is 0 Å². The lowest BCUT2D eigenvalue weighted by Gasteiger charge is -2.64. The number of methoxy groups -OCH3 is 1. The smallest absolute Gasteiger partial charge is 0.119 e. The molecule has 2 aromatic rings. The van der Waals surface area contributed by atoms with E-state index in [1.165, 1.54) is 24.9 Å². The number of morpholine rings is 1. The molecule has 4 heteroatoms. The van der Waals surface area contributed by atoms with Gasteiger partial charge in [0.1, 0.15) is 5.75 Å². The number of nitrogens with zero attached hydrogens (tertiary/aromatic N) is 2. The van der Waals surface area contributed by atoms with Crippen molar-refractivity contribution in [1.82, 2.24) is 9.88 Å². The molecule has 1 aromatic carbocycles. The summed E-state index contributed by atoms with van der Waals surface area (Å²) >= 11 is 0. The van der Waals surface area contributed by atoms with Gasteiger partial charge in [-0.1, -0.05) is 6.92 Å². The standard InChI is InChI=1S/C20H24N2O2/c1-3-20-12-22-9-7-13(20)10-18(22)19(24-20)15-6-8-21-17-5-4-14(23-2)11-16(15)17/h4-6,8,11,13,18-19H,3,7,9-10,12H2,1-2H3. The molecule has 5 aliphatic rings. The van der Waals surface area contributed by atoms with Crippen LogP contribution in [0.5, 0.6) is 5.75 Å². The van der Waals surface area contributed by atoms with Gasteiger partial charge in [-0.15, -0.1) is 0 Å². The lowest BCUT2D eigenvalue weighted by atomic mass is 9.66. The first kappa shape index (κ1) is 14.7. The van der Waals surface area contributed by atoms with Crippen molar-refractivity contribution in [2.45, 2.75) is 43.9 Å². The number of piperidine rings is 3. The van der Waals surface area contributed by atoms with Gasteiger partial charge in [0, 0.05) is 24.2 Å². The fraction of sp³-hybridized carbons (Fsp3) is 0.550. The molecule has 4 bridgehead atoms. The first-order valence-corrected chi connectivity index (χ1v) is 9.08. The van der Waals surface area contributed by atoms with E-state index in [9.17, 15) is 0 Å². The Morgan fingerprint density at radius 2 is 2.29 bits per heavy atom. The Morgan fingerprint density at radius 3 is 3.04 bits per heavy atom. The topological polar surface area (TPSA) is 34.6 Å². The third-order valence-corrected chi connectivity index (χ3v) is 6.57.